The van der Waals surface area contributed by atoms with Gasteiger partial charge in [0.1, 0.15) is 23.9 Å². The van der Waals surface area contributed by atoms with Gasteiger partial charge in [-0.3, -0.25) is 0 Å². The van der Waals surface area contributed by atoms with Crippen LogP contribution in [0.3, 0.4) is 0 Å². The fourth-order valence-corrected chi connectivity index (χ4v) is 3.98. The van der Waals surface area contributed by atoms with E-state index in [1.165, 1.54) is 12.1 Å². The summed E-state index contributed by atoms with van der Waals surface area (Å²) in [7, 11) is 0. The Balaban J connectivity index is 1.46. The van der Waals surface area contributed by atoms with Crippen molar-refractivity contribution in [2.45, 2.75) is 27.4 Å². The Kier molecular flexibility index (Phi) is 5.34. The second-order valence-corrected chi connectivity index (χ2v) is 8.21. The summed E-state index contributed by atoms with van der Waals surface area (Å²) in [6.45, 7) is 5.90. The molecule has 8 heteroatoms. The zero-order valence-electron chi connectivity index (χ0n) is 18.3. The highest BCUT2D eigenvalue weighted by Gasteiger charge is 2.17. The Morgan fingerprint density at radius 3 is 2.64 bits per heavy atom. The smallest absolute Gasteiger partial charge is 0.226 e. The van der Waals surface area contributed by atoms with Gasteiger partial charge in [-0.05, 0) is 62.7 Å². The molecule has 0 saturated heterocycles. The molecule has 3 heterocycles. The zero-order chi connectivity index (χ0) is 23.1. The first kappa shape index (κ1) is 21.2. The van der Waals surface area contributed by atoms with Crippen LogP contribution in [0.25, 0.3) is 28.2 Å². The second kappa shape index (κ2) is 8.33. The molecule has 33 heavy (non-hydrogen) atoms. The minimum absolute atomic E-state index is 0.181. The summed E-state index contributed by atoms with van der Waals surface area (Å²) in [5, 5.41) is 6.09. The van der Waals surface area contributed by atoms with Crippen molar-refractivity contribution >= 4 is 22.6 Å². The molecule has 0 aliphatic rings. The molecule has 0 atom stereocenters. The lowest BCUT2D eigenvalue weighted by Crippen LogP contribution is -2.02. The van der Waals surface area contributed by atoms with Gasteiger partial charge in [-0.1, -0.05) is 23.7 Å². The van der Waals surface area contributed by atoms with E-state index in [-0.39, 0.29) is 12.4 Å². The van der Waals surface area contributed by atoms with Gasteiger partial charge in [-0.2, -0.15) is 10.1 Å². The van der Waals surface area contributed by atoms with Gasteiger partial charge in [0, 0.05) is 22.0 Å². The Labute approximate surface area is 194 Å². The molecule has 3 aromatic heterocycles. The van der Waals surface area contributed by atoms with Crippen LogP contribution >= 0.6 is 11.6 Å². The summed E-state index contributed by atoms with van der Waals surface area (Å²) in [6, 6.07) is 15.4. The summed E-state index contributed by atoms with van der Waals surface area (Å²) >= 11 is 6.08. The molecule has 0 radical (unpaired) electrons. The number of hydrogen-bond donors (Lipinski definition) is 0. The maximum atomic E-state index is 13.8. The van der Waals surface area contributed by atoms with Crippen molar-refractivity contribution in [1.29, 1.82) is 0 Å². The highest BCUT2D eigenvalue weighted by molar-refractivity contribution is 6.30. The first-order valence-corrected chi connectivity index (χ1v) is 10.7. The molecule has 0 N–H and O–H groups in total. The highest BCUT2D eigenvalue weighted by atomic mass is 35.5. The lowest BCUT2D eigenvalue weighted by Gasteiger charge is -2.08. The molecule has 5 rings (SSSR count). The number of fused-ring (bicyclic) bond motifs is 1. The summed E-state index contributed by atoms with van der Waals surface area (Å²) in [5.74, 6) is 1.22. The van der Waals surface area contributed by atoms with Crippen LogP contribution in [0.15, 0.2) is 59.0 Å². The summed E-state index contributed by atoms with van der Waals surface area (Å²) in [6.07, 6.45) is 0. The van der Waals surface area contributed by atoms with Crippen LogP contribution in [0.5, 0.6) is 5.88 Å². The molecule has 0 saturated carbocycles. The maximum Gasteiger partial charge on any atom is 0.226 e. The molecule has 0 aliphatic heterocycles. The number of oxazole rings is 1. The number of benzene rings is 2. The summed E-state index contributed by atoms with van der Waals surface area (Å²) < 4.78 is 27.2. The van der Waals surface area contributed by atoms with E-state index >= 15 is 0 Å². The van der Waals surface area contributed by atoms with E-state index in [0.717, 1.165) is 22.2 Å². The Morgan fingerprint density at radius 2 is 1.85 bits per heavy atom. The van der Waals surface area contributed by atoms with Crippen LogP contribution in [0.2, 0.25) is 5.02 Å². The van der Waals surface area contributed by atoms with Crippen LogP contribution in [0.4, 0.5) is 4.39 Å². The van der Waals surface area contributed by atoms with Crippen LogP contribution in [0.1, 0.15) is 22.7 Å². The second-order valence-electron chi connectivity index (χ2n) is 7.77. The molecule has 5 aromatic rings. The molecule has 0 unspecified atom stereocenters. The topological polar surface area (TPSA) is 66.0 Å². The van der Waals surface area contributed by atoms with Gasteiger partial charge < -0.3 is 9.15 Å². The molecule has 0 fully saturated rings. The minimum Gasteiger partial charge on any atom is -0.471 e. The van der Waals surface area contributed by atoms with Gasteiger partial charge in [0.15, 0.2) is 5.65 Å². The number of nitrogens with zero attached hydrogens (tertiary/aromatic N) is 4. The van der Waals surface area contributed by atoms with Crippen LogP contribution < -0.4 is 4.74 Å². The van der Waals surface area contributed by atoms with Gasteiger partial charge in [0.25, 0.3) is 0 Å². The zero-order valence-corrected chi connectivity index (χ0v) is 19.0. The fraction of sp³-hybridized carbons (Fsp3) is 0.160. The minimum atomic E-state index is -0.338. The number of pyridine rings is 1. The predicted molar refractivity (Wildman–Crippen MR) is 124 cm³/mol. The normalized spacial score (nSPS) is 11.3. The SMILES string of the molecule is Cc1oc(-c2cccc(Cl)c2)nc1COc1cc(C)c2c(C)nn(-c3cccc(F)c3)c2n1. The molecule has 0 bridgehead atoms. The third kappa shape index (κ3) is 4.07. The number of aromatic nitrogens is 4. The number of hydrogen-bond acceptors (Lipinski definition) is 5. The first-order valence-electron chi connectivity index (χ1n) is 10.4. The van der Waals surface area contributed by atoms with Crippen LogP contribution in [-0.4, -0.2) is 19.7 Å². The molecule has 0 amide bonds. The number of halogens is 2. The molecular formula is C25H20ClFN4O2. The van der Waals surface area contributed by atoms with Crippen LogP contribution in [0, 0.1) is 26.6 Å². The maximum absolute atomic E-state index is 13.8. The standard InChI is InChI=1S/C25H20ClFN4O2/c1-14-10-22(29-24-23(14)15(2)30-31(24)20-9-5-8-19(27)12-20)32-13-21-16(3)33-25(28-21)17-6-4-7-18(26)11-17/h4-12H,13H2,1-3H3. The van der Waals surface area contributed by atoms with Gasteiger partial charge >= 0.3 is 0 Å². The molecular weight excluding hydrogens is 443 g/mol. The fourth-order valence-electron chi connectivity index (χ4n) is 3.79. The average Bonchev–Trinajstić information content (AvgIpc) is 3.32. The van der Waals surface area contributed by atoms with Gasteiger partial charge in [0.2, 0.25) is 11.8 Å². The van der Waals surface area contributed by atoms with E-state index in [2.05, 4.69) is 15.1 Å². The van der Waals surface area contributed by atoms with Crippen molar-refractivity contribution in [3.05, 3.63) is 88.1 Å². The Bertz CT molecular complexity index is 1490. The largest absolute Gasteiger partial charge is 0.471 e. The molecule has 166 valence electrons. The molecule has 0 aliphatic carbocycles. The average molecular weight is 463 g/mol. The molecule has 2 aromatic carbocycles. The van der Waals surface area contributed by atoms with Crippen molar-refractivity contribution in [2.24, 2.45) is 0 Å². The quantitative estimate of drug-likeness (QED) is 0.303. The van der Waals surface area contributed by atoms with E-state index in [1.54, 1.807) is 28.9 Å². The van der Waals surface area contributed by atoms with Crippen molar-refractivity contribution in [1.82, 2.24) is 19.7 Å². The number of ether oxygens (including phenoxy) is 1. The van der Waals surface area contributed by atoms with Crippen molar-refractivity contribution < 1.29 is 13.5 Å². The first-order chi connectivity index (χ1) is 15.9. The van der Waals surface area contributed by atoms with E-state index in [9.17, 15) is 4.39 Å². The van der Waals surface area contributed by atoms with Gasteiger partial charge in [0.05, 0.1) is 11.4 Å². The lowest BCUT2D eigenvalue weighted by molar-refractivity contribution is 0.288. The Morgan fingerprint density at radius 1 is 1.03 bits per heavy atom. The van der Waals surface area contributed by atoms with Gasteiger partial charge in [-0.15, -0.1) is 0 Å². The van der Waals surface area contributed by atoms with Crippen molar-refractivity contribution in [2.75, 3.05) is 0 Å². The Hall–Kier alpha value is -3.71. The summed E-state index contributed by atoms with van der Waals surface area (Å²) in [5.41, 5.74) is 4.43. The van der Waals surface area contributed by atoms with E-state index in [4.69, 9.17) is 20.8 Å². The number of rotatable bonds is 5. The predicted octanol–water partition coefficient (Wildman–Crippen LogP) is 6.37. The lowest BCUT2D eigenvalue weighted by atomic mass is 10.2. The van der Waals surface area contributed by atoms with Crippen molar-refractivity contribution in [3.63, 3.8) is 0 Å². The van der Waals surface area contributed by atoms with Crippen LogP contribution in [-0.2, 0) is 6.61 Å². The highest BCUT2D eigenvalue weighted by Crippen LogP contribution is 2.28. The van der Waals surface area contributed by atoms with E-state index in [1.807, 2.05) is 39.0 Å². The number of aryl methyl sites for hydroxylation is 3. The summed E-state index contributed by atoms with van der Waals surface area (Å²) in [4.78, 5) is 9.23. The van der Waals surface area contributed by atoms with Crippen molar-refractivity contribution in [3.8, 4) is 23.0 Å². The molecule has 0 spiro atoms. The monoisotopic (exact) mass is 462 g/mol. The van der Waals surface area contributed by atoms with Gasteiger partial charge in [-0.25, -0.2) is 14.1 Å². The third-order valence-corrected chi connectivity index (χ3v) is 5.60. The third-order valence-electron chi connectivity index (χ3n) is 5.36. The molecule has 6 nitrogen and oxygen atoms in total. The van der Waals surface area contributed by atoms with E-state index in [0.29, 0.717) is 39.6 Å². The van der Waals surface area contributed by atoms with E-state index < -0.39 is 0 Å².